The molecule has 1 rings (SSSR count). The fourth-order valence-corrected chi connectivity index (χ4v) is 1.50. The number of benzene rings is 1. The van der Waals surface area contributed by atoms with Crippen molar-refractivity contribution in [2.75, 3.05) is 12.4 Å². The first-order valence-corrected chi connectivity index (χ1v) is 5.14. The number of methoxy groups -OCH3 is 1. The first-order chi connectivity index (χ1) is 7.45. The van der Waals surface area contributed by atoms with Gasteiger partial charge in [0.25, 0.3) is 0 Å². The number of nitrogens with one attached hydrogen (secondary N) is 1. The number of carbonyl (C=O) groups is 1. The monoisotopic (exact) mass is 223 g/mol. The van der Waals surface area contributed by atoms with Gasteiger partial charge < -0.3 is 15.2 Å². The third kappa shape index (κ3) is 2.66. The Morgan fingerprint density at radius 1 is 1.44 bits per heavy atom. The SMILES string of the molecule is COc1cc(C(C)C)c(O)cc1NC(C)=O. The summed E-state index contributed by atoms with van der Waals surface area (Å²) in [5.41, 5.74) is 1.28. The molecule has 4 heteroatoms. The zero-order chi connectivity index (χ0) is 12.3. The summed E-state index contributed by atoms with van der Waals surface area (Å²) >= 11 is 0. The average molecular weight is 223 g/mol. The predicted molar refractivity (Wildman–Crippen MR) is 63.1 cm³/mol. The molecule has 0 fully saturated rings. The van der Waals surface area contributed by atoms with Crippen LogP contribution in [-0.4, -0.2) is 18.1 Å². The summed E-state index contributed by atoms with van der Waals surface area (Å²) in [4.78, 5) is 11.0. The van der Waals surface area contributed by atoms with Crippen LogP contribution in [0.15, 0.2) is 12.1 Å². The Hall–Kier alpha value is -1.71. The topological polar surface area (TPSA) is 58.6 Å². The Bertz CT molecular complexity index is 399. The Labute approximate surface area is 95.2 Å². The van der Waals surface area contributed by atoms with E-state index < -0.39 is 0 Å². The third-order valence-electron chi connectivity index (χ3n) is 2.28. The van der Waals surface area contributed by atoms with Gasteiger partial charge in [0.05, 0.1) is 12.8 Å². The second-order valence-corrected chi connectivity index (χ2v) is 3.95. The van der Waals surface area contributed by atoms with Gasteiger partial charge in [0, 0.05) is 18.6 Å². The van der Waals surface area contributed by atoms with Crippen LogP contribution in [0.3, 0.4) is 0 Å². The lowest BCUT2D eigenvalue weighted by atomic mass is 10.0. The van der Waals surface area contributed by atoms with Crippen LogP contribution in [0.1, 0.15) is 32.3 Å². The van der Waals surface area contributed by atoms with Gasteiger partial charge in [-0.25, -0.2) is 0 Å². The molecular formula is C12H17NO3. The molecule has 1 amide bonds. The highest BCUT2D eigenvalue weighted by molar-refractivity contribution is 5.90. The first-order valence-electron chi connectivity index (χ1n) is 5.14. The molecular weight excluding hydrogens is 206 g/mol. The van der Waals surface area contributed by atoms with E-state index in [4.69, 9.17) is 4.74 Å². The van der Waals surface area contributed by atoms with Crippen molar-refractivity contribution in [1.82, 2.24) is 0 Å². The molecule has 0 aliphatic heterocycles. The molecule has 0 heterocycles. The van der Waals surface area contributed by atoms with E-state index in [1.807, 2.05) is 13.8 Å². The van der Waals surface area contributed by atoms with E-state index in [0.29, 0.717) is 11.4 Å². The molecule has 0 radical (unpaired) electrons. The van der Waals surface area contributed by atoms with E-state index in [-0.39, 0.29) is 17.6 Å². The smallest absolute Gasteiger partial charge is 0.221 e. The van der Waals surface area contributed by atoms with Crippen LogP contribution in [0.2, 0.25) is 0 Å². The summed E-state index contributed by atoms with van der Waals surface area (Å²) in [7, 11) is 1.53. The number of anilines is 1. The van der Waals surface area contributed by atoms with Crippen molar-refractivity contribution in [3.8, 4) is 11.5 Å². The molecule has 2 N–H and O–H groups in total. The van der Waals surface area contributed by atoms with Crippen molar-refractivity contribution in [2.24, 2.45) is 0 Å². The van der Waals surface area contributed by atoms with Crippen molar-refractivity contribution < 1.29 is 14.6 Å². The molecule has 0 saturated heterocycles. The quantitative estimate of drug-likeness (QED) is 0.827. The van der Waals surface area contributed by atoms with Gasteiger partial charge in [0.2, 0.25) is 5.91 Å². The van der Waals surface area contributed by atoms with Crippen LogP contribution in [0.4, 0.5) is 5.69 Å². The number of amides is 1. The average Bonchev–Trinajstić information content (AvgIpc) is 2.16. The van der Waals surface area contributed by atoms with E-state index in [0.717, 1.165) is 5.56 Å². The molecule has 0 spiro atoms. The summed E-state index contributed by atoms with van der Waals surface area (Å²) in [6.07, 6.45) is 0. The van der Waals surface area contributed by atoms with E-state index >= 15 is 0 Å². The fraction of sp³-hybridized carbons (Fsp3) is 0.417. The Morgan fingerprint density at radius 2 is 2.06 bits per heavy atom. The van der Waals surface area contributed by atoms with Crippen LogP contribution in [0, 0.1) is 0 Å². The Kier molecular flexibility index (Phi) is 3.77. The lowest BCUT2D eigenvalue weighted by Gasteiger charge is -2.14. The molecule has 88 valence electrons. The summed E-state index contributed by atoms with van der Waals surface area (Å²) in [6.45, 7) is 5.37. The minimum Gasteiger partial charge on any atom is -0.508 e. The van der Waals surface area contributed by atoms with Crippen LogP contribution in [0.5, 0.6) is 11.5 Å². The number of hydrogen-bond acceptors (Lipinski definition) is 3. The summed E-state index contributed by atoms with van der Waals surface area (Å²) < 4.78 is 5.17. The number of ether oxygens (including phenoxy) is 1. The van der Waals surface area contributed by atoms with E-state index in [9.17, 15) is 9.90 Å². The van der Waals surface area contributed by atoms with Gasteiger partial charge in [-0.3, -0.25) is 4.79 Å². The van der Waals surface area contributed by atoms with Crippen LogP contribution < -0.4 is 10.1 Å². The number of aromatic hydroxyl groups is 1. The number of phenolic OH excluding ortho intramolecular Hbond substituents is 1. The summed E-state index contributed by atoms with van der Waals surface area (Å²) in [5.74, 6) is 0.714. The number of rotatable bonds is 3. The molecule has 0 aliphatic carbocycles. The van der Waals surface area contributed by atoms with Gasteiger partial charge in [-0.2, -0.15) is 0 Å². The van der Waals surface area contributed by atoms with Gasteiger partial charge in [0.1, 0.15) is 11.5 Å². The maximum atomic E-state index is 11.0. The van der Waals surface area contributed by atoms with Crippen molar-refractivity contribution in [3.63, 3.8) is 0 Å². The number of hydrogen-bond donors (Lipinski definition) is 2. The molecule has 1 aromatic rings. The number of carbonyl (C=O) groups excluding carboxylic acids is 1. The summed E-state index contributed by atoms with van der Waals surface area (Å²) in [5, 5.41) is 12.4. The van der Waals surface area contributed by atoms with Crippen LogP contribution in [0.25, 0.3) is 0 Å². The van der Waals surface area contributed by atoms with E-state index in [1.54, 1.807) is 6.07 Å². The first kappa shape index (κ1) is 12.4. The molecule has 0 aromatic heterocycles. The van der Waals surface area contributed by atoms with Crippen molar-refractivity contribution in [2.45, 2.75) is 26.7 Å². The predicted octanol–water partition coefficient (Wildman–Crippen LogP) is 2.48. The van der Waals surface area contributed by atoms with Gasteiger partial charge in [-0.05, 0) is 12.0 Å². The normalized spacial score (nSPS) is 10.3. The lowest BCUT2D eigenvalue weighted by Crippen LogP contribution is -2.07. The summed E-state index contributed by atoms with van der Waals surface area (Å²) in [6, 6.07) is 3.25. The van der Waals surface area contributed by atoms with Crippen molar-refractivity contribution in [1.29, 1.82) is 0 Å². The van der Waals surface area contributed by atoms with Gasteiger partial charge in [0.15, 0.2) is 0 Å². The molecule has 0 saturated carbocycles. The second kappa shape index (κ2) is 4.88. The maximum Gasteiger partial charge on any atom is 0.221 e. The second-order valence-electron chi connectivity index (χ2n) is 3.95. The van der Waals surface area contributed by atoms with Gasteiger partial charge in [-0.15, -0.1) is 0 Å². The Balaban J connectivity index is 3.20. The molecule has 0 aliphatic rings. The minimum atomic E-state index is -0.199. The molecule has 0 bridgehead atoms. The van der Waals surface area contributed by atoms with E-state index in [1.165, 1.54) is 20.1 Å². The molecule has 1 aromatic carbocycles. The molecule has 0 atom stereocenters. The van der Waals surface area contributed by atoms with E-state index in [2.05, 4.69) is 5.32 Å². The van der Waals surface area contributed by atoms with Crippen LogP contribution >= 0.6 is 0 Å². The Morgan fingerprint density at radius 3 is 2.50 bits per heavy atom. The number of phenols is 1. The van der Waals surface area contributed by atoms with Gasteiger partial charge >= 0.3 is 0 Å². The third-order valence-corrected chi connectivity index (χ3v) is 2.28. The van der Waals surface area contributed by atoms with Crippen molar-refractivity contribution in [3.05, 3.63) is 17.7 Å². The maximum absolute atomic E-state index is 11.0. The van der Waals surface area contributed by atoms with Gasteiger partial charge in [-0.1, -0.05) is 13.8 Å². The highest BCUT2D eigenvalue weighted by Gasteiger charge is 2.12. The minimum absolute atomic E-state index is 0.166. The lowest BCUT2D eigenvalue weighted by molar-refractivity contribution is -0.114. The highest BCUT2D eigenvalue weighted by Crippen LogP contribution is 2.35. The zero-order valence-electron chi connectivity index (χ0n) is 10.00. The fourth-order valence-electron chi connectivity index (χ4n) is 1.50. The molecule has 16 heavy (non-hydrogen) atoms. The molecule has 4 nitrogen and oxygen atoms in total. The standard InChI is InChI=1S/C12H17NO3/c1-7(2)9-5-12(16-4)10(6-11(9)15)13-8(3)14/h5-7,15H,1-4H3,(H,13,14). The zero-order valence-corrected chi connectivity index (χ0v) is 10.00. The largest absolute Gasteiger partial charge is 0.508 e. The van der Waals surface area contributed by atoms with Crippen LogP contribution in [-0.2, 0) is 4.79 Å². The van der Waals surface area contributed by atoms with Crippen molar-refractivity contribution >= 4 is 11.6 Å². The molecule has 0 unspecified atom stereocenters. The highest BCUT2D eigenvalue weighted by atomic mass is 16.5.